The number of carbonyl (C=O) groups excluding carboxylic acids is 1. The molecule has 1 aliphatic rings. The monoisotopic (exact) mass is 293 g/mol. The largest absolute Gasteiger partial charge is 0.375 e. The molecule has 0 aliphatic carbocycles. The zero-order valence-electron chi connectivity index (χ0n) is 13.1. The van der Waals surface area contributed by atoms with Crippen molar-refractivity contribution in [2.24, 2.45) is 0 Å². The molecule has 0 radical (unpaired) electrons. The second-order valence-electron chi connectivity index (χ2n) is 6.06. The van der Waals surface area contributed by atoms with E-state index in [-0.39, 0.29) is 28.7 Å². The number of hydrogen-bond acceptors (Lipinski definition) is 4. The Morgan fingerprint density at radius 2 is 2.29 bits per heavy atom. The highest BCUT2D eigenvalue weighted by molar-refractivity contribution is 5.93. The number of nitrogens with one attached hydrogen (secondary N) is 1. The smallest absolute Gasteiger partial charge is 0.263 e. The molecular weight excluding hydrogens is 270 g/mol. The fraction of sp³-hybridized carbons (Fsp3) is 0.667. The minimum atomic E-state index is -0.378. The number of ether oxygens (including phenoxy) is 1. The van der Waals surface area contributed by atoms with Gasteiger partial charge in [0.15, 0.2) is 0 Å². The van der Waals surface area contributed by atoms with Crippen molar-refractivity contribution in [3.63, 3.8) is 0 Å². The molecule has 2 rings (SSSR count). The summed E-state index contributed by atoms with van der Waals surface area (Å²) < 4.78 is 5.70. The summed E-state index contributed by atoms with van der Waals surface area (Å²) in [5.74, 6) is 0.251. The standard InChI is InChI=1S/C15H23N3O3/c1-5-18(11-6-7-21-15(3,4)8-11)14(20)12-9-16-10(2)17-13(12)19/h9,11H,5-8H2,1-4H3,(H,16,17,19)/t11-/m0/s1. The lowest BCUT2D eigenvalue weighted by molar-refractivity contribution is -0.0777. The zero-order chi connectivity index (χ0) is 15.6. The third-order valence-corrected chi connectivity index (χ3v) is 3.87. The van der Waals surface area contributed by atoms with E-state index in [2.05, 4.69) is 9.97 Å². The predicted octanol–water partition coefficient (Wildman–Crippen LogP) is 1.50. The van der Waals surface area contributed by atoms with Crippen LogP contribution < -0.4 is 5.56 Å². The topological polar surface area (TPSA) is 75.3 Å². The van der Waals surface area contributed by atoms with Gasteiger partial charge >= 0.3 is 0 Å². The Morgan fingerprint density at radius 3 is 2.86 bits per heavy atom. The van der Waals surface area contributed by atoms with E-state index in [0.717, 1.165) is 12.8 Å². The molecule has 21 heavy (non-hydrogen) atoms. The molecule has 0 aromatic carbocycles. The summed E-state index contributed by atoms with van der Waals surface area (Å²) >= 11 is 0. The fourth-order valence-corrected chi connectivity index (χ4v) is 2.82. The number of amides is 1. The SMILES string of the molecule is CCN(C(=O)c1cnc(C)[nH]c1=O)[C@H]1CCOC(C)(C)C1. The van der Waals surface area contributed by atoms with Gasteiger partial charge in [-0.15, -0.1) is 0 Å². The Hall–Kier alpha value is -1.69. The van der Waals surface area contributed by atoms with E-state index >= 15 is 0 Å². The van der Waals surface area contributed by atoms with Gasteiger partial charge in [-0.25, -0.2) is 4.98 Å². The first kappa shape index (κ1) is 15.7. The molecule has 0 unspecified atom stereocenters. The Morgan fingerprint density at radius 1 is 1.57 bits per heavy atom. The molecule has 116 valence electrons. The molecule has 6 nitrogen and oxygen atoms in total. The van der Waals surface area contributed by atoms with E-state index in [1.165, 1.54) is 6.20 Å². The third kappa shape index (κ3) is 3.50. The van der Waals surface area contributed by atoms with Gasteiger partial charge in [0.1, 0.15) is 11.4 Å². The van der Waals surface area contributed by atoms with Crippen LogP contribution in [0.25, 0.3) is 0 Å². The van der Waals surface area contributed by atoms with E-state index < -0.39 is 0 Å². The van der Waals surface area contributed by atoms with E-state index in [1.54, 1.807) is 11.8 Å². The average molecular weight is 293 g/mol. The van der Waals surface area contributed by atoms with Crippen molar-refractivity contribution < 1.29 is 9.53 Å². The Balaban J connectivity index is 2.24. The summed E-state index contributed by atoms with van der Waals surface area (Å²) in [6.45, 7) is 8.86. The number of hydrogen-bond donors (Lipinski definition) is 1. The van der Waals surface area contributed by atoms with E-state index in [1.807, 2.05) is 20.8 Å². The number of H-pyrrole nitrogens is 1. The summed E-state index contributed by atoms with van der Waals surface area (Å²) in [7, 11) is 0. The lowest BCUT2D eigenvalue weighted by Gasteiger charge is -2.40. The van der Waals surface area contributed by atoms with Gasteiger partial charge < -0.3 is 14.6 Å². The molecule has 2 heterocycles. The maximum atomic E-state index is 12.6. The predicted molar refractivity (Wildman–Crippen MR) is 79.4 cm³/mol. The lowest BCUT2D eigenvalue weighted by atomic mass is 9.92. The molecule has 1 aliphatic heterocycles. The normalized spacial score (nSPS) is 21.0. The van der Waals surface area contributed by atoms with Gasteiger partial charge in [0.25, 0.3) is 11.5 Å². The van der Waals surface area contributed by atoms with Gasteiger partial charge in [0, 0.05) is 25.4 Å². The molecule has 0 saturated carbocycles. The molecule has 1 N–H and O–H groups in total. The van der Waals surface area contributed by atoms with Crippen LogP contribution in [-0.4, -0.2) is 45.6 Å². The maximum absolute atomic E-state index is 12.6. The summed E-state index contributed by atoms with van der Waals surface area (Å²) in [5.41, 5.74) is -0.516. The molecule has 0 spiro atoms. The zero-order valence-corrected chi connectivity index (χ0v) is 13.1. The van der Waals surface area contributed by atoms with Gasteiger partial charge in [0.2, 0.25) is 0 Å². The lowest BCUT2D eigenvalue weighted by Crippen LogP contribution is -2.49. The molecule has 1 aromatic heterocycles. The van der Waals surface area contributed by atoms with Gasteiger partial charge in [-0.1, -0.05) is 0 Å². The summed E-state index contributed by atoms with van der Waals surface area (Å²) in [4.78, 5) is 32.9. The highest BCUT2D eigenvalue weighted by Gasteiger charge is 2.34. The second kappa shape index (κ2) is 5.97. The van der Waals surface area contributed by atoms with Crippen molar-refractivity contribution in [2.45, 2.75) is 52.2 Å². The molecule has 1 aromatic rings. The van der Waals surface area contributed by atoms with Gasteiger partial charge in [0.05, 0.1) is 5.60 Å². The minimum Gasteiger partial charge on any atom is -0.375 e. The fourth-order valence-electron chi connectivity index (χ4n) is 2.82. The third-order valence-electron chi connectivity index (χ3n) is 3.87. The molecular formula is C15H23N3O3. The number of nitrogens with zero attached hydrogens (tertiary/aromatic N) is 2. The number of carbonyl (C=O) groups is 1. The first-order valence-corrected chi connectivity index (χ1v) is 7.35. The average Bonchev–Trinajstić information content (AvgIpc) is 2.38. The Kier molecular flexibility index (Phi) is 4.46. The first-order chi connectivity index (χ1) is 9.84. The summed E-state index contributed by atoms with van der Waals surface area (Å²) in [5, 5.41) is 0. The van der Waals surface area contributed by atoms with Gasteiger partial charge in [-0.3, -0.25) is 9.59 Å². The van der Waals surface area contributed by atoms with Crippen LogP contribution in [0.4, 0.5) is 0 Å². The van der Waals surface area contributed by atoms with Crippen LogP contribution in [-0.2, 0) is 4.74 Å². The van der Waals surface area contributed by atoms with Crippen LogP contribution in [0.2, 0.25) is 0 Å². The van der Waals surface area contributed by atoms with Crippen molar-refractivity contribution in [1.29, 1.82) is 0 Å². The van der Waals surface area contributed by atoms with Crippen LogP contribution >= 0.6 is 0 Å². The molecule has 0 bridgehead atoms. The molecule has 1 amide bonds. The van der Waals surface area contributed by atoms with Crippen molar-refractivity contribution in [2.75, 3.05) is 13.2 Å². The summed E-state index contributed by atoms with van der Waals surface area (Å²) in [6.07, 6.45) is 2.92. The van der Waals surface area contributed by atoms with Crippen LogP contribution in [0.1, 0.15) is 49.8 Å². The molecule has 1 fully saturated rings. The Bertz CT molecular complexity index is 580. The van der Waals surface area contributed by atoms with Crippen molar-refractivity contribution in [3.8, 4) is 0 Å². The van der Waals surface area contributed by atoms with Crippen molar-refractivity contribution >= 4 is 5.91 Å². The number of aromatic nitrogens is 2. The van der Waals surface area contributed by atoms with Crippen LogP contribution in [0.3, 0.4) is 0 Å². The number of aryl methyl sites for hydroxylation is 1. The highest BCUT2D eigenvalue weighted by atomic mass is 16.5. The van der Waals surface area contributed by atoms with Crippen LogP contribution in [0.5, 0.6) is 0 Å². The quantitative estimate of drug-likeness (QED) is 0.916. The van der Waals surface area contributed by atoms with Crippen LogP contribution in [0.15, 0.2) is 11.0 Å². The highest BCUT2D eigenvalue weighted by Crippen LogP contribution is 2.27. The van der Waals surface area contributed by atoms with Crippen molar-refractivity contribution in [3.05, 3.63) is 27.9 Å². The van der Waals surface area contributed by atoms with E-state index in [4.69, 9.17) is 4.74 Å². The molecule has 1 saturated heterocycles. The van der Waals surface area contributed by atoms with Gasteiger partial charge in [-0.05, 0) is 40.5 Å². The maximum Gasteiger partial charge on any atom is 0.263 e. The molecule has 6 heteroatoms. The van der Waals surface area contributed by atoms with Crippen LogP contribution in [0, 0.1) is 6.92 Å². The number of rotatable bonds is 3. The number of aromatic amines is 1. The minimum absolute atomic E-state index is 0.0898. The van der Waals surface area contributed by atoms with Gasteiger partial charge in [-0.2, -0.15) is 0 Å². The summed E-state index contributed by atoms with van der Waals surface area (Å²) in [6, 6.07) is 0.0898. The van der Waals surface area contributed by atoms with Crippen molar-refractivity contribution in [1.82, 2.24) is 14.9 Å². The first-order valence-electron chi connectivity index (χ1n) is 7.35. The molecule has 1 atom stereocenters. The second-order valence-corrected chi connectivity index (χ2v) is 6.06. The van der Waals surface area contributed by atoms with E-state index in [0.29, 0.717) is 19.0 Å². The Labute approximate surface area is 124 Å². The van der Waals surface area contributed by atoms with E-state index in [9.17, 15) is 9.59 Å².